The Bertz CT molecular complexity index is 125. The second-order valence-electron chi connectivity index (χ2n) is 2.56. The number of carbonyl (C=O) groups is 1. The average Bonchev–Trinajstić information content (AvgIpc) is 1.87. The van der Waals surface area contributed by atoms with E-state index in [1.54, 1.807) is 7.05 Å². The van der Waals surface area contributed by atoms with Crippen LogP contribution in [-0.2, 0) is 9.53 Å². The van der Waals surface area contributed by atoms with Crippen molar-refractivity contribution in [2.45, 2.75) is 26.0 Å². The lowest BCUT2D eigenvalue weighted by atomic mass is 10.3. The molecule has 0 aromatic heterocycles. The van der Waals surface area contributed by atoms with Gasteiger partial charge in [0.1, 0.15) is 6.04 Å². The quantitative estimate of drug-likeness (QED) is 0.599. The molecule has 0 heterocycles. The highest BCUT2D eigenvalue weighted by atomic mass is 16.5. The highest BCUT2D eigenvalue weighted by molar-refractivity contribution is 5.73. The van der Waals surface area contributed by atoms with Gasteiger partial charge in [-0.1, -0.05) is 0 Å². The van der Waals surface area contributed by atoms with Gasteiger partial charge in [0.2, 0.25) is 0 Å². The normalized spacial score (nSPS) is 13.5. The predicted molar refractivity (Wildman–Crippen MR) is 41.6 cm³/mol. The molecule has 11 heavy (non-hydrogen) atoms. The first-order valence-electron chi connectivity index (χ1n) is 3.59. The number of nitrogens with one attached hydrogen (secondary N) is 1. The van der Waals surface area contributed by atoms with Crippen LogP contribution in [0.15, 0.2) is 0 Å². The molecule has 66 valence electrons. The van der Waals surface area contributed by atoms with E-state index in [1.165, 1.54) is 0 Å². The first kappa shape index (κ1) is 10.4. The van der Waals surface area contributed by atoms with E-state index < -0.39 is 12.0 Å². The van der Waals surface area contributed by atoms with Crippen molar-refractivity contribution in [1.29, 1.82) is 0 Å². The van der Waals surface area contributed by atoms with Gasteiger partial charge in [0.25, 0.3) is 0 Å². The molecule has 0 aromatic rings. The molecular formula is C7H15NO3. The Morgan fingerprint density at radius 3 is 2.45 bits per heavy atom. The number of hydrogen-bond donors (Lipinski definition) is 2. The molecule has 0 radical (unpaired) electrons. The minimum absolute atomic E-state index is 0.0743. The van der Waals surface area contributed by atoms with Gasteiger partial charge in [0, 0.05) is 0 Å². The Labute approximate surface area is 66.5 Å². The molecule has 0 aliphatic heterocycles. The Hall–Kier alpha value is -0.610. The molecular weight excluding hydrogens is 146 g/mol. The number of hydrogen-bond acceptors (Lipinski definition) is 3. The van der Waals surface area contributed by atoms with E-state index in [4.69, 9.17) is 9.84 Å². The Morgan fingerprint density at radius 2 is 2.18 bits per heavy atom. The number of carboxylic acid groups (broad SMARTS) is 1. The van der Waals surface area contributed by atoms with E-state index in [0.717, 1.165) is 0 Å². The summed E-state index contributed by atoms with van der Waals surface area (Å²) in [5, 5.41) is 11.2. The molecule has 0 spiro atoms. The maximum Gasteiger partial charge on any atom is 0.323 e. The van der Waals surface area contributed by atoms with Gasteiger partial charge in [-0.25, -0.2) is 0 Å². The highest BCUT2D eigenvalue weighted by Crippen LogP contribution is 1.91. The SMILES string of the molecule is CN[C@@H](COC(C)C)C(=O)O. The Balaban J connectivity index is 3.61. The van der Waals surface area contributed by atoms with Crippen LogP contribution in [0.3, 0.4) is 0 Å². The fraction of sp³-hybridized carbons (Fsp3) is 0.857. The molecule has 4 heteroatoms. The van der Waals surface area contributed by atoms with Crippen molar-refractivity contribution in [1.82, 2.24) is 5.32 Å². The smallest absolute Gasteiger partial charge is 0.323 e. The van der Waals surface area contributed by atoms with Crippen molar-refractivity contribution in [2.24, 2.45) is 0 Å². The van der Waals surface area contributed by atoms with Gasteiger partial charge in [-0.15, -0.1) is 0 Å². The molecule has 0 aliphatic rings. The summed E-state index contributed by atoms with van der Waals surface area (Å²) in [5.74, 6) is -0.881. The van der Waals surface area contributed by atoms with Crippen LogP contribution in [0.25, 0.3) is 0 Å². The van der Waals surface area contributed by atoms with Crippen LogP contribution < -0.4 is 5.32 Å². The molecule has 1 atom stereocenters. The zero-order chi connectivity index (χ0) is 8.85. The highest BCUT2D eigenvalue weighted by Gasteiger charge is 2.14. The standard InChI is InChI=1S/C7H15NO3/c1-5(2)11-4-6(8-3)7(9)10/h5-6,8H,4H2,1-3H3,(H,9,10)/t6-/m0/s1. The van der Waals surface area contributed by atoms with Crippen molar-refractivity contribution in [3.8, 4) is 0 Å². The lowest BCUT2D eigenvalue weighted by molar-refractivity contribution is -0.141. The van der Waals surface area contributed by atoms with Gasteiger partial charge in [0.15, 0.2) is 0 Å². The summed E-state index contributed by atoms with van der Waals surface area (Å²) in [6.07, 6.45) is 0.0743. The molecule has 0 rings (SSSR count). The minimum atomic E-state index is -0.881. The van der Waals surface area contributed by atoms with E-state index in [0.29, 0.717) is 0 Å². The van der Waals surface area contributed by atoms with Crippen LogP contribution in [0, 0.1) is 0 Å². The lowest BCUT2D eigenvalue weighted by Gasteiger charge is -2.13. The third kappa shape index (κ3) is 4.75. The molecule has 0 fully saturated rings. The number of likely N-dealkylation sites (N-methyl/N-ethyl adjacent to an activating group) is 1. The van der Waals surface area contributed by atoms with Crippen molar-refractivity contribution in [3.05, 3.63) is 0 Å². The molecule has 0 unspecified atom stereocenters. The second kappa shape index (κ2) is 5.09. The van der Waals surface area contributed by atoms with E-state index in [-0.39, 0.29) is 12.7 Å². The fourth-order valence-corrected chi connectivity index (χ4v) is 0.567. The van der Waals surface area contributed by atoms with Crippen molar-refractivity contribution < 1.29 is 14.6 Å². The summed E-state index contributed by atoms with van der Waals surface area (Å²) in [5.41, 5.74) is 0. The van der Waals surface area contributed by atoms with Gasteiger partial charge < -0.3 is 15.2 Å². The van der Waals surface area contributed by atoms with Crippen molar-refractivity contribution in [2.75, 3.05) is 13.7 Å². The van der Waals surface area contributed by atoms with Gasteiger partial charge >= 0.3 is 5.97 Å². The van der Waals surface area contributed by atoms with Gasteiger partial charge in [-0.3, -0.25) is 4.79 Å². The summed E-state index contributed by atoms with van der Waals surface area (Å²) in [6.45, 7) is 3.95. The van der Waals surface area contributed by atoms with Crippen LogP contribution in [-0.4, -0.2) is 36.9 Å². The third-order valence-corrected chi connectivity index (χ3v) is 1.24. The third-order valence-electron chi connectivity index (χ3n) is 1.24. The predicted octanol–water partition coefficient (Wildman–Crippen LogP) is 0.0840. The fourth-order valence-electron chi connectivity index (χ4n) is 0.567. The molecule has 0 aromatic carbocycles. The lowest BCUT2D eigenvalue weighted by Crippen LogP contribution is -2.38. The van der Waals surface area contributed by atoms with E-state index in [1.807, 2.05) is 13.8 Å². The van der Waals surface area contributed by atoms with Crippen LogP contribution in [0.1, 0.15) is 13.8 Å². The number of ether oxygens (including phenoxy) is 1. The number of carboxylic acids is 1. The summed E-state index contributed by atoms with van der Waals surface area (Å²) in [7, 11) is 1.60. The van der Waals surface area contributed by atoms with E-state index in [9.17, 15) is 4.79 Å². The largest absolute Gasteiger partial charge is 0.480 e. The van der Waals surface area contributed by atoms with Crippen molar-refractivity contribution >= 4 is 5.97 Å². The Kier molecular flexibility index (Phi) is 4.81. The molecule has 0 aliphatic carbocycles. The molecule has 0 bridgehead atoms. The minimum Gasteiger partial charge on any atom is -0.480 e. The molecule has 0 saturated carbocycles. The van der Waals surface area contributed by atoms with E-state index >= 15 is 0 Å². The van der Waals surface area contributed by atoms with Gasteiger partial charge in [0.05, 0.1) is 12.7 Å². The monoisotopic (exact) mass is 161 g/mol. The zero-order valence-electron chi connectivity index (χ0n) is 7.13. The van der Waals surface area contributed by atoms with Crippen LogP contribution in [0.5, 0.6) is 0 Å². The average molecular weight is 161 g/mol. The second-order valence-corrected chi connectivity index (χ2v) is 2.56. The maximum absolute atomic E-state index is 10.4. The van der Waals surface area contributed by atoms with Crippen LogP contribution in [0.4, 0.5) is 0 Å². The topological polar surface area (TPSA) is 58.6 Å². The molecule has 0 amide bonds. The van der Waals surface area contributed by atoms with Gasteiger partial charge in [-0.2, -0.15) is 0 Å². The van der Waals surface area contributed by atoms with E-state index in [2.05, 4.69) is 5.32 Å². The Morgan fingerprint density at radius 1 is 1.64 bits per heavy atom. The summed E-state index contributed by atoms with van der Waals surface area (Å²) in [6, 6.07) is -0.600. The number of aliphatic carboxylic acids is 1. The maximum atomic E-state index is 10.4. The van der Waals surface area contributed by atoms with Crippen LogP contribution in [0.2, 0.25) is 0 Å². The first-order valence-corrected chi connectivity index (χ1v) is 3.59. The molecule has 0 saturated heterocycles. The van der Waals surface area contributed by atoms with Gasteiger partial charge in [-0.05, 0) is 20.9 Å². The zero-order valence-corrected chi connectivity index (χ0v) is 7.13. The summed E-state index contributed by atoms with van der Waals surface area (Å²) >= 11 is 0. The first-order chi connectivity index (χ1) is 5.07. The van der Waals surface area contributed by atoms with Crippen LogP contribution >= 0.6 is 0 Å². The van der Waals surface area contributed by atoms with Crippen molar-refractivity contribution in [3.63, 3.8) is 0 Å². The molecule has 2 N–H and O–H groups in total. The summed E-state index contributed by atoms with van der Waals surface area (Å²) in [4.78, 5) is 10.4. The molecule has 4 nitrogen and oxygen atoms in total. The summed E-state index contributed by atoms with van der Waals surface area (Å²) < 4.78 is 5.11. The number of rotatable bonds is 5.